The van der Waals surface area contributed by atoms with Gasteiger partial charge in [0.05, 0.1) is 25.7 Å². The number of rotatable bonds is 7. The molecular formula is C13H24O5. The van der Waals surface area contributed by atoms with Crippen molar-refractivity contribution in [3.63, 3.8) is 0 Å². The van der Waals surface area contributed by atoms with Gasteiger partial charge < -0.3 is 19.3 Å². The molecule has 0 amide bonds. The summed E-state index contributed by atoms with van der Waals surface area (Å²) in [7, 11) is 1.32. The molecule has 1 heterocycles. The molecule has 0 aliphatic carbocycles. The van der Waals surface area contributed by atoms with Gasteiger partial charge in [0.2, 0.25) is 0 Å². The molecule has 0 unspecified atom stereocenters. The van der Waals surface area contributed by atoms with Crippen LogP contribution in [0.1, 0.15) is 45.4 Å². The first-order valence-electron chi connectivity index (χ1n) is 6.63. The fourth-order valence-corrected chi connectivity index (χ4v) is 1.95. The quantitative estimate of drug-likeness (QED) is 0.705. The summed E-state index contributed by atoms with van der Waals surface area (Å²) in [4.78, 5) is 11.0. The number of hydrogen-bond acceptors (Lipinski definition) is 5. The number of aliphatic hydroxyl groups excluding tert-OH is 1. The Hall–Kier alpha value is -0.650. The Morgan fingerprint density at radius 1 is 1.44 bits per heavy atom. The summed E-state index contributed by atoms with van der Waals surface area (Å²) in [5.74, 6) is -0.383. The third-order valence-corrected chi connectivity index (χ3v) is 3.06. The van der Waals surface area contributed by atoms with Gasteiger partial charge in [0.25, 0.3) is 0 Å². The van der Waals surface area contributed by atoms with Gasteiger partial charge in [0.1, 0.15) is 0 Å². The molecule has 5 heteroatoms. The van der Waals surface area contributed by atoms with E-state index in [1.807, 2.05) is 6.92 Å². The normalized spacial score (nSPS) is 23.4. The van der Waals surface area contributed by atoms with Gasteiger partial charge in [-0.3, -0.25) is 4.79 Å². The first-order chi connectivity index (χ1) is 8.61. The second-order valence-corrected chi connectivity index (χ2v) is 4.75. The first-order valence-corrected chi connectivity index (χ1v) is 6.63. The lowest BCUT2D eigenvalue weighted by Crippen LogP contribution is -2.27. The molecule has 0 spiro atoms. The van der Waals surface area contributed by atoms with E-state index in [2.05, 4.69) is 4.74 Å². The molecule has 0 radical (unpaired) electrons. The predicted octanol–water partition coefficient (Wildman–Crippen LogP) is 1.62. The van der Waals surface area contributed by atoms with Gasteiger partial charge in [-0.25, -0.2) is 0 Å². The van der Waals surface area contributed by atoms with Crippen LogP contribution in [0.5, 0.6) is 0 Å². The van der Waals surface area contributed by atoms with Gasteiger partial charge in [-0.15, -0.1) is 0 Å². The summed E-state index contributed by atoms with van der Waals surface area (Å²) in [5, 5.41) is 9.62. The highest BCUT2D eigenvalue weighted by molar-refractivity contribution is 5.69. The van der Waals surface area contributed by atoms with Gasteiger partial charge >= 0.3 is 5.97 Å². The Bertz CT molecular complexity index is 238. The van der Waals surface area contributed by atoms with E-state index in [-0.39, 0.29) is 24.8 Å². The number of ether oxygens (including phenoxy) is 3. The van der Waals surface area contributed by atoms with Crippen LogP contribution in [0.4, 0.5) is 0 Å². The lowest BCUT2D eigenvalue weighted by Gasteiger charge is -2.26. The summed E-state index contributed by atoms with van der Waals surface area (Å²) >= 11 is 0. The van der Waals surface area contributed by atoms with E-state index in [0.29, 0.717) is 12.8 Å². The first kappa shape index (κ1) is 15.4. The molecule has 1 aliphatic rings. The molecule has 1 rings (SSSR count). The molecular weight excluding hydrogens is 236 g/mol. The summed E-state index contributed by atoms with van der Waals surface area (Å²) < 4.78 is 15.7. The van der Waals surface area contributed by atoms with Crippen molar-refractivity contribution in [1.29, 1.82) is 0 Å². The smallest absolute Gasteiger partial charge is 0.308 e. The summed E-state index contributed by atoms with van der Waals surface area (Å²) in [6, 6.07) is 0. The lowest BCUT2D eigenvalue weighted by atomic mass is 10.1. The number of carbonyl (C=O) groups excluding carboxylic acids is 1. The summed E-state index contributed by atoms with van der Waals surface area (Å²) in [5.41, 5.74) is 0. The van der Waals surface area contributed by atoms with Crippen LogP contribution in [0.15, 0.2) is 0 Å². The van der Waals surface area contributed by atoms with Crippen LogP contribution in [0.2, 0.25) is 0 Å². The molecule has 0 aromatic carbocycles. The van der Waals surface area contributed by atoms with Gasteiger partial charge in [-0.05, 0) is 39.0 Å². The van der Waals surface area contributed by atoms with Crippen LogP contribution in [-0.2, 0) is 19.0 Å². The predicted molar refractivity (Wildman–Crippen MR) is 66.0 cm³/mol. The summed E-state index contributed by atoms with van der Waals surface area (Å²) in [6.45, 7) is 2.73. The van der Waals surface area contributed by atoms with Crippen LogP contribution in [0, 0.1) is 0 Å². The Morgan fingerprint density at radius 3 is 2.83 bits per heavy atom. The monoisotopic (exact) mass is 260 g/mol. The zero-order valence-corrected chi connectivity index (χ0v) is 11.3. The Morgan fingerprint density at radius 2 is 2.22 bits per heavy atom. The second-order valence-electron chi connectivity index (χ2n) is 4.75. The second kappa shape index (κ2) is 8.45. The van der Waals surface area contributed by atoms with Gasteiger partial charge in [-0.1, -0.05) is 0 Å². The van der Waals surface area contributed by atoms with E-state index < -0.39 is 6.10 Å². The molecule has 1 fully saturated rings. The van der Waals surface area contributed by atoms with Crippen molar-refractivity contribution in [2.75, 3.05) is 13.7 Å². The van der Waals surface area contributed by atoms with Crippen LogP contribution in [0.25, 0.3) is 0 Å². The molecule has 1 N–H and O–H groups in total. The molecule has 1 aliphatic heterocycles. The Labute approximate surface area is 108 Å². The fourth-order valence-electron chi connectivity index (χ4n) is 1.95. The average Bonchev–Trinajstić information content (AvgIpc) is 2.37. The van der Waals surface area contributed by atoms with E-state index in [4.69, 9.17) is 9.47 Å². The number of hydrogen-bond donors (Lipinski definition) is 1. The molecule has 0 aromatic rings. The summed E-state index contributed by atoms with van der Waals surface area (Å²) in [6.07, 6.45) is 3.73. The number of esters is 1. The molecule has 0 saturated carbocycles. The highest BCUT2D eigenvalue weighted by Gasteiger charge is 2.18. The molecule has 1 saturated heterocycles. The lowest BCUT2D eigenvalue weighted by molar-refractivity contribution is -0.186. The highest BCUT2D eigenvalue weighted by atomic mass is 16.7. The largest absolute Gasteiger partial charge is 0.469 e. The van der Waals surface area contributed by atoms with Crippen LogP contribution in [0.3, 0.4) is 0 Å². The van der Waals surface area contributed by atoms with E-state index >= 15 is 0 Å². The molecule has 5 nitrogen and oxygen atoms in total. The van der Waals surface area contributed by atoms with Crippen molar-refractivity contribution in [1.82, 2.24) is 0 Å². The highest BCUT2D eigenvalue weighted by Crippen LogP contribution is 2.17. The Kier molecular flexibility index (Phi) is 7.23. The van der Waals surface area contributed by atoms with Crippen molar-refractivity contribution >= 4 is 5.97 Å². The van der Waals surface area contributed by atoms with E-state index in [1.54, 1.807) is 0 Å². The number of carbonyl (C=O) groups is 1. The van der Waals surface area contributed by atoms with Crippen LogP contribution < -0.4 is 0 Å². The maximum atomic E-state index is 11.0. The third-order valence-electron chi connectivity index (χ3n) is 3.06. The molecule has 0 bridgehead atoms. The average molecular weight is 260 g/mol. The van der Waals surface area contributed by atoms with E-state index in [0.717, 1.165) is 25.9 Å². The molecule has 18 heavy (non-hydrogen) atoms. The minimum atomic E-state index is -0.657. The zero-order chi connectivity index (χ0) is 13.4. The minimum absolute atomic E-state index is 0.0281. The van der Waals surface area contributed by atoms with Gasteiger partial charge in [0.15, 0.2) is 6.29 Å². The Balaban J connectivity index is 2.11. The van der Waals surface area contributed by atoms with Crippen molar-refractivity contribution in [3.8, 4) is 0 Å². The topological polar surface area (TPSA) is 65.0 Å². The fraction of sp³-hybridized carbons (Fsp3) is 0.923. The van der Waals surface area contributed by atoms with E-state index in [1.165, 1.54) is 7.11 Å². The van der Waals surface area contributed by atoms with Crippen LogP contribution >= 0.6 is 0 Å². The zero-order valence-electron chi connectivity index (χ0n) is 11.3. The maximum Gasteiger partial charge on any atom is 0.308 e. The van der Waals surface area contributed by atoms with Crippen molar-refractivity contribution in [2.45, 2.75) is 63.9 Å². The molecule has 106 valence electrons. The standard InChI is InChI=1S/C13H24O5/c1-10(18-13-5-3-4-8-17-13)6-7-11(14)9-12(15)16-2/h10-11,13-14H,3-9H2,1-2H3/t10-,11+,13-/m0/s1. The minimum Gasteiger partial charge on any atom is -0.469 e. The van der Waals surface area contributed by atoms with Crippen molar-refractivity contribution < 1.29 is 24.1 Å². The molecule has 0 aromatic heterocycles. The number of aliphatic hydroxyl groups is 1. The van der Waals surface area contributed by atoms with Crippen molar-refractivity contribution in [3.05, 3.63) is 0 Å². The van der Waals surface area contributed by atoms with Crippen molar-refractivity contribution in [2.24, 2.45) is 0 Å². The maximum absolute atomic E-state index is 11.0. The number of methoxy groups -OCH3 is 1. The third kappa shape index (κ3) is 6.33. The SMILES string of the molecule is COC(=O)C[C@H](O)CC[C@H](C)O[C@H]1CCCCO1. The van der Waals surface area contributed by atoms with Crippen LogP contribution in [-0.4, -0.2) is 43.3 Å². The van der Waals surface area contributed by atoms with Gasteiger partial charge in [-0.2, -0.15) is 0 Å². The molecule has 3 atom stereocenters. The van der Waals surface area contributed by atoms with Gasteiger partial charge in [0, 0.05) is 6.61 Å². The van der Waals surface area contributed by atoms with E-state index in [9.17, 15) is 9.90 Å².